The van der Waals surface area contributed by atoms with E-state index in [-0.39, 0.29) is 5.69 Å². The highest BCUT2D eigenvalue weighted by Crippen LogP contribution is 2.30. The standard InChI is InChI=1S/C18H12Cl2N2O4/c1-10-14(18(23)21-16-8-12(19)5-6-15(16)20)9-17(26-10)11-3-2-4-13(7-11)22(24)25/h2-9H,1H3,(H,21,23). The highest BCUT2D eigenvalue weighted by molar-refractivity contribution is 6.35. The third kappa shape index (κ3) is 3.71. The van der Waals surface area contributed by atoms with Gasteiger partial charge in [0.15, 0.2) is 0 Å². The molecule has 2 aromatic carbocycles. The molecule has 1 aromatic heterocycles. The van der Waals surface area contributed by atoms with Gasteiger partial charge in [0.25, 0.3) is 11.6 Å². The lowest BCUT2D eigenvalue weighted by molar-refractivity contribution is -0.384. The summed E-state index contributed by atoms with van der Waals surface area (Å²) in [7, 11) is 0. The van der Waals surface area contributed by atoms with Crippen LogP contribution in [-0.4, -0.2) is 10.8 Å². The number of furan rings is 1. The van der Waals surface area contributed by atoms with Gasteiger partial charge in [-0.05, 0) is 31.2 Å². The fraction of sp³-hybridized carbons (Fsp3) is 0.0556. The number of nitrogens with zero attached hydrogens (tertiary/aromatic N) is 1. The molecule has 0 saturated heterocycles. The average molecular weight is 391 g/mol. The van der Waals surface area contributed by atoms with Gasteiger partial charge in [0.05, 0.1) is 21.2 Å². The van der Waals surface area contributed by atoms with Crippen molar-refractivity contribution in [2.75, 3.05) is 5.32 Å². The number of hydrogen-bond donors (Lipinski definition) is 1. The maximum atomic E-state index is 12.5. The first kappa shape index (κ1) is 18.0. The molecule has 0 aliphatic rings. The molecule has 0 aliphatic carbocycles. The van der Waals surface area contributed by atoms with Crippen LogP contribution in [0.15, 0.2) is 52.9 Å². The molecule has 1 heterocycles. The molecular formula is C18H12Cl2N2O4. The molecule has 3 aromatic rings. The molecule has 0 radical (unpaired) electrons. The van der Waals surface area contributed by atoms with Crippen molar-refractivity contribution in [3.8, 4) is 11.3 Å². The maximum Gasteiger partial charge on any atom is 0.270 e. The number of amides is 1. The maximum absolute atomic E-state index is 12.5. The number of carbonyl (C=O) groups excluding carboxylic acids is 1. The Morgan fingerprint density at radius 2 is 1.92 bits per heavy atom. The van der Waals surface area contributed by atoms with Gasteiger partial charge in [0.1, 0.15) is 11.5 Å². The number of nitro benzene ring substituents is 1. The molecule has 1 N–H and O–H groups in total. The second kappa shape index (κ2) is 7.19. The molecule has 0 spiro atoms. The van der Waals surface area contributed by atoms with E-state index in [0.29, 0.717) is 38.4 Å². The lowest BCUT2D eigenvalue weighted by atomic mass is 10.1. The number of benzene rings is 2. The highest BCUT2D eigenvalue weighted by atomic mass is 35.5. The Hall–Kier alpha value is -2.83. The van der Waals surface area contributed by atoms with Gasteiger partial charge in [-0.1, -0.05) is 35.3 Å². The van der Waals surface area contributed by atoms with Crippen molar-refractivity contribution >= 4 is 40.5 Å². The van der Waals surface area contributed by atoms with Crippen LogP contribution >= 0.6 is 23.2 Å². The summed E-state index contributed by atoms with van der Waals surface area (Å²) in [5, 5.41) is 14.4. The number of rotatable bonds is 4. The van der Waals surface area contributed by atoms with Crippen molar-refractivity contribution in [1.29, 1.82) is 0 Å². The van der Waals surface area contributed by atoms with Crippen molar-refractivity contribution in [1.82, 2.24) is 0 Å². The number of nitrogens with one attached hydrogen (secondary N) is 1. The number of halogens is 2. The topological polar surface area (TPSA) is 85.4 Å². The number of anilines is 1. The first-order valence-electron chi connectivity index (χ1n) is 7.47. The Kier molecular flexibility index (Phi) is 4.97. The van der Waals surface area contributed by atoms with E-state index in [9.17, 15) is 14.9 Å². The van der Waals surface area contributed by atoms with Gasteiger partial charge in [-0.3, -0.25) is 14.9 Å². The monoisotopic (exact) mass is 390 g/mol. The van der Waals surface area contributed by atoms with Gasteiger partial charge in [-0.25, -0.2) is 0 Å². The van der Waals surface area contributed by atoms with Gasteiger partial charge in [-0.2, -0.15) is 0 Å². The van der Waals surface area contributed by atoms with Gasteiger partial charge >= 0.3 is 0 Å². The number of nitro groups is 1. The van der Waals surface area contributed by atoms with Crippen molar-refractivity contribution in [2.24, 2.45) is 0 Å². The van der Waals surface area contributed by atoms with E-state index in [2.05, 4.69) is 5.32 Å². The minimum atomic E-state index is -0.492. The van der Waals surface area contributed by atoms with E-state index in [0.717, 1.165) is 0 Å². The largest absolute Gasteiger partial charge is 0.461 e. The summed E-state index contributed by atoms with van der Waals surface area (Å²) in [6.45, 7) is 1.63. The van der Waals surface area contributed by atoms with E-state index in [4.69, 9.17) is 27.6 Å². The van der Waals surface area contributed by atoms with Crippen LogP contribution in [0.5, 0.6) is 0 Å². The Bertz CT molecular complexity index is 1010. The third-order valence-electron chi connectivity index (χ3n) is 3.68. The molecule has 132 valence electrons. The zero-order valence-electron chi connectivity index (χ0n) is 13.5. The molecule has 0 saturated carbocycles. The summed E-state index contributed by atoms with van der Waals surface area (Å²) < 4.78 is 5.61. The Labute approximate surface area is 158 Å². The van der Waals surface area contributed by atoms with Crippen molar-refractivity contribution in [3.05, 3.63) is 80.0 Å². The average Bonchev–Trinajstić information content (AvgIpc) is 3.00. The quantitative estimate of drug-likeness (QED) is 0.455. The normalized spacial score (nSPS) is 10.6. The predicted molar refractivity (Wildman–Crippen MR) is 100.0 cm³/mol. The van der Waals surface area contributed by atoms with Crippen molar-refractivity contribution in [3.63, 3.8) is 0 Å². The summed E-state index contributed by atoms with van der Waals surface area (Å²) >= 11 is 12.0. The smallest absolute Gasteiger partial charge is 0.270 e. The molecule has 0 fully saturated rings. The first-order chi connectivity index (χ1) is 12.3. The Morgan fingerprint density at radius 1 is 1.15 bits per heavy atom. The van der Waals surface area contributed by atoms with Crippen LogP contribution in [0.1, 0.15) is 16.1 Å². The molecule has 0 unspecified atom stereocenters. The molecular weight excluding hydrogens is 379 g/mol. The predicted octanol–water partition coefficient (Wildman–Crippen LogP) is 5.72. The second-order valence-corrected chi connectivity index (χ2v) is 6.31. The Morgan fingerprint density at radius 3 is 2.65 bits per heavy atom. The third-order valence-corrected chi connectivity index (χ3v) is 4.25. The minimum absolute atomic E-state index is 0.0618. The summed E-state index contributed by atoms with van der Waals surface area (Å²) in [5.41, 5.74) is 1.11. The van der Waals surface area contributed by atoms with E-state index in [1.807, 2.05) is 0 Å². The fourth-order valence-electron chi connectivity index (χ4n) is 2.41. The first-order valence-corrected chi connectivity index (χ1v) is 8.22. The number of carbonyl (C=O) groups is 1. The van der Waals surface area contributed by atoms with Crippen LogP contribution in [0.2, 0.25) is 10.0 Å². The van der Waals surface area contributed by atoms with Crippen LogP contribution in [0.4, 0.5) is 11.4 Å². The van der Waals surface area contributed by atoms with E-state index in [1.165, 1.54) is 18.2 Å². The molecule has 6 nitrogen and oxygen atoms in total. The van der Waals surface area contributed by atoms with Crippen LogP contribution < -0.4 is 5.32 Å². The lowest BCUT2D eigenvalue weighted by Gasteiger charge is -2.06. The zero-order chi connectivity index (χ0) is 18.8. The number of non-ortho nitro benzene ring substituents is 1. The van der Waals surface area contributed by atoms with Crippen molar-refractivity contribution in [2.45, 2.75) is 6.92 Å². The summed E-state index contributed by atoms with van der Waals surface area (Å²) in [6, 6.07) is 12.2. The molecule has 26 heavy (non-hydrogen) atoms. The summed E-state index contributed by atoms with van der Waals surface area (Å²) in [4.78, 5) is 23.0. The van der Waals surface area contributed by atoms with Gasteiger partial charge in [-0.15, -0.1) is 0 Å². The molecule has 8 heteroatoms. The van der Waals surface area contributed by atoms with E-state index < -0.39 is 10.8 Å². The molecule has 0 aliphatic heterocycles. The molecule has 0 bridgehead atoms. The van der Waals surface area contributed by atoms with Crippen LogP contribution in [-0.2, 0) is 0 Å². The van der Waals surface area contributed by atoms with Crippen LogP contribution in [0, 0.1) is 17.0 Å². The number of aryl methyl sites for hydroxylation is 1. The summed E-state index contributed by atoms with van der Waals surface area (Å²) in [6.07, 6.45) is 0. The number of hydrogen-bond acceptors (Lipinski definition) is 4. The highest BCUT2D eigenvalue weighted by Gasteiger charge is 2.18. The lowest BCUT2D eigenvalue weighted by Crippen LogP contribution is -2.12. The molecule has 1 amide bonds. The van der Waals surface area contributed by atoms with E-state index in [1.54, 1.807) is 37.3 Å². The summed E-state index contributed by atoms with van der Waals surface area (Å²) in [5.74, 6) is 0.308. The zero-order valence-corrected chi connectivity index (χ0v) is 15.0. The van der Waals surface area contributed by atoms with Crippen LogP contribution in [0.3, 0.4) is 0 Å². The second-order valence-electron chi connectivity index (χ2n) is 5.47. The van der Waals surface area contributed by atoms with E-state index >= 15 is 0 Å². The molecule has 3 rings (SSSR count). The van der Waals surface area contributed by atoms with Crippen molar-refractivity contribution < 1.29 is 14.1 Å². The van der Waals surface area contributed by atoms with Gasteiger partial charge < -0.3 is 9.73 Å². The van der Waals surface area contributed by atoms with Crippen LogP contribution in [0.25, 0.3) is 11.3 Å². The van der Waals surface area contributed by atoms with Gasteiger partial charge in [0.2, 0.25) is 0 Å². The fourth-order valence-corrected chi connectivity index (χ4v) is 2.74. The molecule has 0 atom stereocenters. The SMILES string of the molecule is Cc1oc(-c2cccc([N+](=O)[O-])c2)cc1C(=O)Nc1cc(Cl)ccc1Cl. The minimum Gasteiger partial charge on any atom is -0.461 e. The Balaban J connectivity index is 1.90. The van der Waals surface area contributed by atoms with Gasteiger partial charge in [0, 0.05) is 22.7 Å².